The first-order valence-electron chi connectivity index (χ1n) is 9.18. The quantitative estimate of drug-likeness (QED) is 0.622. The molecule has 4 rings (SSSR count). The minimum atomic E-state index is -0.0493. The molecule has 5 nitrogen and oxygen atoms in total. The number of halogens is 1. The minimum Gasteiger partial charge on any atom is -0.465 e. The summed E-state index contributed by atoms with van der Waals surface area (Å²) in [5.41, 5.74) is 1.10. The Hall–Kier alpha value is -2.08. The molecule has 142 valence electrons. The van der Waals surface area contributed by atoms with Crippen molar-refractivity contribution in [1.29, 1.82) is 0 Å². The van der Waals surface area contributed by atoms with E-state index in [0.29, 0.717) is 34.6 Å². The standard InChI is InChI=1S/C21H22ClNO4/c1-14-4-6-18(27-14)12-23(11-17-3-2-8-25-17)10-15-13-26-20-7-5-16(22)9-19(20)21(15)24/h4-7,9,13,17H,2-3,8,10-12H2,1H3. The minimum absolute atomic E-state index is 0.0493. The van der Waals surface area contributed by atoms with Crippen LogP contribution in [0.3, 0.4) is 0 Å². The molecule has 0 radical (unpaired) electrons. The summed E-state index contributed by atoms with van der Waals surface area (Å²) in [6.45, 7) is 4.54. The van der Waals surface area contributed by atoms with Gasteiger partial charge >= 0.3 is 0 Å². The second kappa shape index (κ2) is 7.89. The van der Waals surface area contributed by atoms with Crippen LogP contribution in [0.1, 0.15) is 29.9 Å². The highest BCUT2D eigenvalue weighted by atomic mass is 35.5. The van der Waals surface area contributed by atoms with E-state index in [-0.39, 0.29) is 11.5 Å². The average Bonchev–Trinajstić information content (AvgIpc) is 3.29. The molecule has 3 heterocycles. The smallest absolute Gasteiger partial charge is 0.197 e. The molecule has 1 aliphatic rings. The first kappa shape index (κ1) is 18.3. The van der Waals surface area contributed by atoms with Crippen molar-refractivity contribution in [2.24, 2.45) is 0 Å². The van der Waals surface area contributed by atoms with Gasteiger partial charge in [-0.15, -0.1) is 0 Å². The molecular formula is C21H22ClNO4. The molecule has 1 unspecified atom stereocenters. The van der Waals surface area contributed by atoms with Crippen molar-refractivity contribution < 1.29 is 13.6 Å². The van der Waals surface area contributed by atoms with Crippen LogP contribution in [0.4, 0.5) is 0 Å². The fraction of sp³-hybridized carbons (Fsp3) is 0.381. The lowest BCUT2D eigenvalue weighted by Crippen LogP contribution is -2.33. The van der Waals surface area contributed by atoms with Crippen molar-refractivity contribution in [3.63, 3.8) is 0 Å². The molecule has 0 aliphatic carbocycles. The van der Waals surface area contributed by atoms with Crippen LogP contribution >= 0.6 is 11.6 Å². The number of rotatable bonds is 6. The van der Waals surface area contributed by atoms with E-state index in [1.165, 1.54) is 0 Å². The van der Waals surface area contributed by atoms with Gasteiger partial charge in [-0.25, -0.2) is 0 Å². The van der Waals surface area contributed by atoms with E-state index >= 15 is 0 Å². The van der Waals surface area contributed by atoms with Gasteiger partial charge in [0, 0.05) is 30.3 Å². The van der Waals surface area contributed by atoms with Crippen molar-refractivity contribution in [2.45, 2.75) is 39.0 Å². The first-order chi connectivity index (χ1) is 13.1. The lowest BCUT2D eigenvalue weighted by molar-refractivity contribution is 0.0651. The van der Waals surface area contributed by atoms with Crippen molar-refractivity contribution in [3.05, 3.63) is 68.9 Å². The third kappa shape index (κ3) is 4.26. The topological polar surface area (TPSA) is 55.8 Å². The van der Waals surface area contributed by atoms with E-state index in [9.17, 15) is 4.79 Å². The molecule has 0 bridgehead atoms. The summed E-state index contributed by atoms with van der Waals surface area (Å²) in [6, 6.07) is 9.02. The molecule has 1 aromatic carbocycles. The first-order valence-corrected chi connectivity index (χ1v) is 9.55. The van der Waals surface area contributed by atoms with Gasteiger partial charge in [-0.3, -0.25) is 9.69 Å². The molecule has 2 aromatic heterocycles. The number of benzene rings is 1. The third-order valence-corrected chi connectivity index (χ3v) is 5.10. The number of fused-ring (bicyclic) bond motifs is 1. The Bertz CT molecular complexity index is 987. The number of ether oxygens (including phenoxy) is 1. The summed E-state index contributed by atoms with van der Waals surface area (Å²) >= 11 is 6.05. The highest BCUT2D eigenvalue weighted by Crippen LogP contribution is 2.20. The van der Waals surface area contributed by atoms with Crippen LogP contribution in [0, 0.1) is 6.92 Å². The molecule has 1 atom stereocenters. The average molecular weight is 388 g/mol. The fourth-order valence-electron chi connectivity index (χ4n) is 3.55. The Morgan fingerprint density at radius 3 is 2.85 bits per heavy atom. The Labute approximate surface area is 162 Å². The Balaban J connectivity index is 1.60. The van der Waals surface area contributed by atoms with Gasteiger partial charge in [0.15, 0.2) is 5.43 Å². The number of nitrogens with zero attached hydrogens (tertiary/aromatic N) is 1. The van der Waals surface area contributed by atoms with Gasteiger partial charge in [0.05, 0.1) is 24.3 Å². The largest absolute Gasteiger partial charge is 0.465 e. The van der Waals surface area contributed by atoms with Gasteiger partial charge in [-0.1, -0.05) is 11.6 Å². The van der Waals surface area contributed by atoms with Crippen molar-refractivity contribution in [3.8, 4) is 0 Å². The molecule has 0 N–H and O–H groups in total. The highest BCUT2D eigenvalue weighted by molar-refractivity contribution is 6.31. The zero-order valence-electron chi connectivity index (χ0n) is 15.2. The zero-order valence-corrected chi connectivity index (χ0v) is 16.0. The molecular weight excluding hydrogens is 366 g/mol. The molecule has 3 aromatic rings. The summed E-state index contributed by atoms with van der Waals surface area (Å²) in [7, 11) is 0. The SMILES string of the molecule is Cc1ccc(CN(Cc2coc3ccc(Cl)cc3c2=O)CC2CCCO2)o1. The van der Waals surface area contributed by atoms with Gasteiger partial charge in [0.2, 0.25) is 0 Å². The van der Waals surface area contributed by atoms with Crippen LogP contribution in [0.25, 0.3) is 11.0 Å². The van der Waals surface area contributed by atoms with Crippen molar-refractivity contribution >= 4 is 22.6 Å². The summed E-state index contributed by atoms with van der Waals surface area (Å²) in [5, 5.41) is 1.03. The summed E-state index contributed by atoms with van der Waals surface area (Å²) in [5.74, 6) is 1.75. The van der Waals surface area contributed by atoms with Gasteiger partial charge in [-0.05, 0) is 50.1 Å². The van der Waals surface area contributed by atoms with Crippen LogP contribution < -0.4 is 5.43 Å². The zero-order chi connectivity index (χ0) is 18.8. The van der Waals surface area contributed by atoms with E-state index in [4.69, 9.17) is 25.2 Å². The Kier molecular flexibility index (Phi) is 5.34. The second-order valence-corrected chi connectivity index (χ2v) is 7.48. The monoisotopic (exact) mass is 387 g/mol. The van der Waals surface area contributed by atoms with Gasteiger partial charge in [0.25, 0.3) is 0 Å². The van der Waals surface area contributed by atoms with Crippen LogP contribution in [0.2, 0.25) is 5.02 Å². The summed E-state index contributed by atoms with van der Waals surface area (Å²) < 4.78 is 17.2. The molecule has 1 aliphatic heterocycles. The van der Waals surface area contributed by atoms with Gasteiger partial charge in [-0.2, -0.15) is 0 Å². The van der Waals surface area contributed by atoms with Crippen LogP contribution in [-0.4, -0.2) is 24.2 Å². The van der Waals surface area contributed by atoms with Gasteiger partial charge < -0.3 is 13.6 Å². The normalized spacial score (nSPS) is 17.2. The predicted octanol–water partition coefficient (Wildman–Crippen LogP) is 4.53. The molecule has 0 spiro atoms. The molecule has 27 heavy (non-hydrogen) atoms. The Morgan fingerprint density at radius 2 is 2.11 bits per heavy atom. The second-order valence-electron chi connectivity index (χ2n) is 7.05. The maximum absolute atomic E-state index is 12.9. The molecule has 1 fully saturated rings. The summed E-state index contributed by atoms with van der Waals surface area (Å²) in [4.78, 5) is 15.1. The van der Waals surface area contributed by atoms with E-state index in [1.807, 2.05) is 19.1 Å². The van der Waals surface area contributed by atoms with E-state index in [2.05, 4.69) is 4.90 Å². The lowest BCUT2D eigenvalue weighted by atomic mass is 10.1. The highest BCUT2D eigenvalue weighted by Gasteiger charge is 2.21. The summed E-state index contributed by atoms with van der Waals surface area (Å²) in [6.07, 6.45) is 3.85. The van der Waals surface area contributed by atoms with Crippen molar-refractivity contribution in [2.75, 3.05) is 13.2 Å². The molecule has 6 heteroatoms. The molecule has 0 amide bonds. The third-order valence-electron chi connectivity index (χ3n) is 4.86. The number of aryl methyl sites for hydroxylation is 1. The maximum atomic E-state index is 12.9. The van der Waals surface area contributed by atoms with E-state index in [1.54, 1.807) is 24.5 Å². The predicted molar refractivity (Wildman–Crippen MR) is 104 cm³/mol. The van der Waals surface area contributed by atoms with Crippen molar-refractivity contribution in [1.82, 2.24) is 4.90 Å². The van der Waals surface area contributed by atoms with Gasteiger partial charge in [0.1, 0.15) is 17.1 Å². The Morgan fingerprint density at radius 1 is 1.22 bits per heavy atom. The lowest BCUT2D eigenvalue weighted by Gasteiger charge is -2.24. The van der Waals surface area contributed by atoms with E-state index < -0.39 is 0 Å². The maximum Gasteiger partial charge on any atom is 0.197 e. The van der Waals surface area contributed by atoms with Crippen LogP contribution in [-0.2, 0) is 17.8 Å². The van der Waals surface area contributed by atoms with E-state index in [0.717, 1.165) is 37.5 Å². The molecule has 1 saturated heterocycles. The number of hydrogen-bond acceptors (Lipinski definition) is 5. The van der Waals surface area contributed by atoms with Crippen LogP contribution in [0.15, 0.2) is 50.2 Å². The molecule has 0 saturated carbocycles. The number of hydrogen-bond donors (Lipinski definition) is 0. The van der Waals surface area contributed by atoms with Crippen LogP contribution in [0.5, 0.6) is 0 Å². The fourth-order valence-corrected chi connectivity index (χ4v) is 3.72. The number of furan rings is 1.